The van der Waals surface area contributed by atoms with Crippen molar-refractivity contribution in [3.05, 3.63) is 11.4 Å². The molecule has 6 nitrogen and oxygen atoms in total. The summed E-state index contributed by atoms with van der Waals surface area (Å²) in [6.45, 7) is 10.8. The molecule has 0 bridgehead atoms. The van der Waals surface area contributed by atoms with Crippen LogP contribution in [0.5, 0.6) is 0 Å². The van der Waals surface area contributed by atoms with E-state index in [4.69, 9.17) is 4.74 Å². The molecule has 1 atom stereocenters. The molecule has 2 rings (SSSR count). The SMILES string of the molecule is CCC[C@H]1CN(C(=O)Nc2c(C)nn(CC)c2C)CCO1. The summed E-state index contributed by atoms with van der Waals surface area (Å²) < 4.78 is 7.59. The third-order valence-corrected chi connectivity index (χ3v) is 3.95. The summed E-state index contributed by atoms with van der Waals surface area (Å²) in [4.78, 5) is 14.3. The Morgan fingerprint density at radius 1 is 1.43 bits per heavy atom. The van der Waals surface area contributed by atoms with E-state index in [9.17, 15) is 4.79 Å². The van der Waals surface area contributed by atoms with E-state index in [2.05, 4.69) is 17.3 Å². The second-order valence-electron chi connectivity index (χ2n) is 5.52. The number of anilines is 1. The molecule has 0 spiro atoms. The van der Waals surface area contributed by atoms with Crippen LogP contribution < -0.4 is 5.32 Å². The molecule has 0 aliphatic carbocycles. The third kappa shape index (κ3) is 3.56. The zero-order valence-electron chi connectivity index (χ0n) is 13.5. The fraction of sp³-hybridized carbons (Fsp3) is 0.733. The zero-order chi connectivity index (χ0) is 15.4. The van der Waals surface area contributed by atoms with E-state index in [0.29, 0.717) is 19.7 Å². The predicted molar refractivity (Wildman–Crippen MR) is 82.6 cm³/mol. The number of aromatic nitrogens is 2. The van der Waals surface area contributed by atoms with E-state index in [1.165, 1.54) is 0 Å². The fourth-order valence-electron chi connectivity index (χ4n) is 2.77. The standard InChI is InChI=1S/C15H26N4O2/c1-5-7-13-10-18(8-9-21-13)15(20)16-14-11(3)17-19(6-2)12(14)4/h13H,5-10H2,1-4H3,(H,16,20)/t13-/m0/s1. The lowest BCUT2D eigenvalue weighted by Crippen LogP contribution is -2.47. The van der Waals surface area contributed by atoms with Gasteiger partial charge in [0, 0.05) is 19.6 Å². The number of carbonyl (C=O) groups excluding carboxylic acids is 1. The minimum absolute atomic E-state index is 0.0544. The number of hydrogen-bond donors (Lipinski definition) is 1. The molecule has 1 aliphatic rings. The van der Waals surface area contributed by atoms with Crippen molar-refractivity contribution in [2.75, 3.05) is 25.0 Å². The second kappa shape index (κ2) is 6.93. The monoisotopic (exact) mass is 294 g/mol. The minimum Gasteiger partial charge on any atom is -0.375 e. The van der Waals surface area contributed by atoms with Gasteiger partial charge in [-0.05, 0) is 27.2 Å². The number of urea groups is 1. The van der Waals surface area contributed by atoms with Crippen LogP contribution in [0.2, 0.25) is 0 Å². The smallest absolute Gasteiger partial charge is 0.322 e. The molecule has 2 heterocycles. The summed E-state index contributed by atoms with van der Waals surface area (Å²) in [5.41, 5.74) is 2.70. The molecule has 1 fully saturated rings. The average molecular weight is 294 g/mol. The maximum atomic E-state index is 12.4. The van der Waals surface area contributed by atoms with Crippen molar-refractivity contribution in [2.24, 2.45) is 0 Å². The first-order valence-corrected chi connectivity index (χ1v) is 7.78. The lowest BCUT2D eigenvalue weighted by molar-refractivity contribution is -0.0162. The molecule has 0 aromatic carbocycles. The highest BCUT2D eigenvalue weighted by Gasteiger charge is 2.25. The first kappa shape index (κ1) is 15.8. The number of hydrogen-bond acceptors (Lipinski definition) is 3. The summed E-state index contributed by atoms with van der Waals surface area (Å²) in [6, 6.07) is -0.0544. The zero-order valence-corrected chi connectivity index (χ0v) is 13.5. The second-order valence-corrected chi connectivity index (χ2v) is 5.52. The maximum Gasteiger partial charge on any atom is 0.322 e. The molecule has 1 aromatic heterocycles. The molecule has 6 heteroatoms. The Labute approximate surface area is 126 Å². The van der Waals surface area contributed by atoms with Crippen LogP contribution in [0.15, 0.2) is 0 Å². The van der Waals surface area contributed by atoms with Crippen LogP contribution in [0, 0.1) is 13.8 Å². The van der Waals surface area contributed by atoms with Crippen LogP contribution in [0.25, 0.3) is 0 Å². The fourth-order valence-corrected chi connectivity index (χ4v) is 2.77. The molecule has 2 amide bonds. The lowest BCUT2D eigenvalue weighted by atomic mass is 10.2. The molecule has 1 saturated heterocycles. The van der Waals surface area contributed by atoms with Crippen molar-refractivity contribution >= 4 is 11.7 Å². The van der Waals surface area contributed by atoms with Crippen LogP contribution in [0.4, 0.5) is 10.5 Å². The Balaban J connectivity index is 2.02. The Hall–Kier alpha value is -1.56. The molecule has 0 saturated carbocycles. The Kier molecular flexibility index (Phi) is 5.22. The van der Waals surface area contributed by atoms with E-state index in [-0.39, 0.29) is 12.1 Å². The summed E-state index contributed by atoms with van der Waals surface area (Å²) in [5.74, 6) is 0. The Bertz CT molecular complexity index is 496. The van der Waals surface area contributed by atoms with Gasteiger partial charge in [-0.25, -0.2) is 4.79 Å². The number of nitrogens with one attached hydrogen (secondary N) is 1. The number of amides is 2. The number of morpholine rings is 1. The van der Waals surface area contributed by atoms with E-state index >= 15 is 0 Å². The predicted octanol–water partition coefficient (Wildman–Crippen LogP) is 2.55. The molecular formula is C15H26N4O2. The van der Waals surface area contributed by atoms with Gasteiger partial charge in [0.2, 0.25) is 0 Å². The van der Waals surface area contributed by atoms with Gasteiger partial charge in [-0.2, -0.15) is 5.10 Å². The molecule has 21 heavy (non-hydrogen) atoms. The van der Waals surface area contributed by atoms with Gasteiger partial charge in [-0.1, -0.05) is 13.3 Å². The molecule has 0 radical (unpaired) electrons. The van der Waals surface area contributed by atoms with Gasteiger partial charge in [0.25, 0.3) is 0 Å². The van der Waals surface area contributed by atoms with Crippen LogP contribution in [-0.2, 0) is 11.3 Å². The van der Waals surface area contributed by atoms with Crippen LogP contribution in [-0.4, -0.2) is 46.5 Å². The largest absolute Gasteiger partial charge is 0.375 e. The Morgan fingerprint density at radius 2 is 2.19 bits per heavy atom. The van der Waals surface area contributed by atoms with E-state index in [1.54, 1.807) is 0 Å². The normalized spacial score (nSPS) is 18.9. The van der Waals surface area contributed by atoms with E-state index in [0.717, 1.165) is 36.5 Å². The van der Waals surface area contributed by atoms with E-state index in [1.807, 2.05) is 30.4 Å². The molecule has 1 N–H and O–H groups in total. The molecule has 1 aliphatic heterocycles. The average Bonchev–Trinajstić information content (AvgIpc) is 2.75. The molecule has 1 aromatic rings. The Morgan fingerprint density at radius 3 is 2.81 bits per heavy atom. The first-order chi connectivity index (χ1) is 10.1. The van der Waals surface area contributed by atoms with Gasteiger partial charge < -0.3 is 15.0 Å². The van der Waals surface area contributed by atoms with Crippen molar-refractivity contribution in [3.8, 4) is 0 Å². The minimum atomic E-state index is -0.0544. The number of aryl methyl sites for hydroxylation is 2. The highest BCUT2D eigenvalue weighted by Crippen LogP contribution is 2.20. The molecule has 0 unspecified atom stereocenters. The van der Waals surface area contributed by atoms with Crippen molar-refractivity contribution in [1.82, 2.24) is 14.7 Å². The highest BCUT2D eigenvalue weighted by molar-refractivity contribution is 5.90. The topological polar surface area (TPSA) is 59.4 Å². The number of ether oxygens (including phenoxy) is 1. The number of nitrogens with zero attached hydrogens (tertiary/aromatic N) is 3. The van der Waals surface area contributed by atoms with Gasteiger partial charge in [0.05, 0.1) is 29.8 Å². The molecule has 118 valence electrons. The van der Waals surface area contributed by atoms with Gasteiger partial charge >= 0.3 is 6.03 Å². The molecular weight excluding hydrogens is 268 g/mol. The third-order valence-electron chi connectivity index (χ3n) is 3.95. The summed E-state index contributed by atoms with van der Waals surface area (Å²) in [5, 5.41) is 7.44. The van der Waals surface area contributed by atoms with Gasteiger partial charge in [0.1, 0.15) is 0 Å². The summed E-state index contributed by atoms with van der Waals surface area (Å²) in [7, 11) is 0. The van der Waals surface area contributed by atoms with Gasteiger partial charge in [-0.3, -0.25) is 4.68 Å². The van der Waals surface area contributed by atoms with Crippen LogP contribution in [0.3, 0.4) is 0 Å². The van der Waals surface area contributed by atoms with Crippen molar-refractivity contribution < 1.29 is 9.53 Å². The van der Waals surface area contributed by atoms with E-state index < -0.39 is 0 Å². The first-order valence-electron chi connectivity index (χ1n) is 7.78. The quantitative estimate of drug-likeness (QED) is 0.928. The van der Waals surface area contributed by atoms with Crippen LogP contribution in [0.1, 0.15) is 38.1 Å². The maximum absolute atomic E-state index is 12.4. The highest BCUT2D eigenvalue weighted by atomic mass is 16.5. The lowest BCUT2D eigenvalue weighted by Gasteiger charge is -2.32. The summed E-state index contributed by atoms with van der Waals surface area (Å²) in [6.07, 6.45) is 2.23. The summed E-state index contributed by atoms with van der Waals surface area (Å²) >= 11 is 0. The van der Waals surface area contributed by atoms with Crippen molar-refractivity contribution in [1.29, 1.82) is 0 Å². The van der Waals surface area contributed by atoms with Crippen molar-refractivity contribution in [3.63, 3.8) is 0 Å². The van der Waals surface area contributed by atoms with Gasteiger partial charge in [-0.15, -0.1) is 0 Å². The van der Waals surface area contributed by atoms with Crippen LogP contribution >= 0.6 is 0 Å². The number of carbonyl (C=O) groups is 1. The van der Waals surface area contributed by atoms with Gasteiger partial charge in [0.15, 0.2) is 0 Å². The number of rotatable bonds is 4. The van der Waals surface area contributed by atoms with Crippen molar-refractivity contribution in [2.45, 2.75) is 53.2 Å².